The zero-order valence-electron chi connectivity index (χ0n) is 32.4. The first kappa shape index (κ1) is 32.1. The number of hydrogen-bond donors (Lipinski definition) is 0. The molecule has 0 aliphatic heterocycles. The second-order valence-corrected chi connectivity index (χ2v) is 17.5. The number of benzene rings is 7. The van der Waals surface area contributed by atoms with Gasteiger partial charge in [-0.15, -0.1) is 0 Å². The summed E-state index contributed by atoms with van der Waals surface area (Å²) in [7, 11) is 0. The van der Waals surface area contributed by atoms with Crippen LogP contribution in [0.2, 0.25) is 0 Å². The molecule has 1 heteroatoms. The average molecular weight is 718 g/mol. The van der Waals surface area contributed by atoms with Gasteiger partial charge >= 0.3 is 0 Å². The van der Waals surface area contributed by atoms with Crippen LogP contribution in [0.3, 0.4) is 0 Å². The Bertz CT molecular complexity index is 2870. The van der Waals surface area contributed by atoms with Crippen molar-refractivity contribution in [2.24, 2.45) is 5.92 Å². The second kappa shape index (κ2) is 11.0. The van der Waals surface area contributed by atoms with Crippen LogP contribution in [0.4, 0.5) is 17.1 Å². The summed E-state index contributed by atoms with van der Waals surface area (Å²) in [4.78, 5) is 2.64. The maximum Gasteiger partial charge on any atom is 0.0543 e. The Morgan fingerprint density at radius 1 is 0.446 bits per heavy atom. The van der Waals surface area contributed by atoms with E-state index in [1.54, 1.807) is 0 Å². The highest BCUT2D eigenvalue weighted by molar-refractivity contribution is 6.01. The fraction of sp³-hybridized carbons (Fsp3) is 0.164. The van der Waals surface area contributed by atoms with Crippen LogP contribution in [-0.2, 0) is 16.2 Å². The summed E-state index contributed by atoms with van der Waals surface area (Å²) in [6, 6.07) is 58.0. The predicted octanol–water partition coefficient (Wildman–Crippen LogP) is 14.1. The minimum absolute atomic E-state index is 0.114. The van der Waals surface area contributed by atoms with E-state index >= 15 is 0 Å². The molecule has 0 saturated carbocycles. The van der Waals surface area contributed by atoms with Crippen molar-refractivity contribution in [3.05, 3.63) is 214 Å². The SMILES string of the molecule is CC1(C)c2ccccc2-c2ccc(N(c3cccc4c3C3=CC=CCC3C43c4ccccc4-c4ccccc43)c3cccc4c3-c3ccccc3C4(C)C)cc21. The largest absolute Gasteiger partial charge is 0.309 e. The van der Waals surface area contributed by atoms with Crippen molar-refractivity contribution in [2.75, 3.05) is 4.90 Å². The Morgan fingerprint density at radius 3 is 1.62 bits per heavy atom. The van der Waals surface area contributed by atoms with Crippen LogP contribution in [-0.4, -0.2) is 0 Å². The molecule has 0 saturated heterocycles. The van der Waals surface area contributed by atoms with E-state index in [1.807, 2.05) is 0 Å². The van der Waals surface area contributed by atoms with Gasteiger partial charge in [0.2, 0.25) is 0 Å². The third-order valence-corrected chi connectivity index (χ3v) is 14.3. The van der Waals surface area contributed by atoms with Crippen molar-refractivity contribution in [1.29, 1.82) is 0 Å². The molecule has 268 valence electrons. The topological polar surface area (TPSA) is 3.24 Å². The van der Waals surface area contributed by atoms with E-state index in [0.29, 0.717) is 0 Å². The molecule has 5 aliphatic rings. The summed E-state index contributed by atoms with van der Waals surface area (Å²) in [6.07, 6.45) is 8.13. The molecule has 0 amide bonds. The van der Waals surface area contributed by atoms with Crippen LogP contribution in [0.5, 0.6) is 0 Å². The molecule has 0 bridgehead atoms. The van der Waals surface area contributed by atoms with Crippen molar-refractivity contribution in [1.82, 2.24) is 0 Å². The molecule has 1 nitrogen and oxygen atoms in total. The number of anilines is 3. The quantitative estimate of drug-likeness (QED) is 0.176. The number of allylic oxidation sites excluding steroid dienone is 4. The van der Waals surface area contributed by atoms with Crippen molar-refractivity contribution in [3.63, 3.8) is 0 Å². The van der Waals surface area contributed by atoms with Gasteiger partial charge in [-0.2, -0.15) is 0 Å². The highest BCUT2D eigenvalue weighted by atomic mass is 15.2. The van der Waals surface area contributed by atoms with Gasteiger partial charge < -0.3 is 4.90 Å². The van der Waals surface area contributed by atoms with E-state index in [-0.39, 0.29) is 22.2 Å². The van der Waals surface area contributed by atoms with Gasteiger partial charge in [0, 0.05) is 33.6 Å². The average Bonchev–Trinajstić information content (AvgIpc) is 3.87. The van der Waals surface area contributed by atoms with Crippen LogP contribution in [0.25, 0.3) is 39.0 Å². The summed E-state index contributed by atoms with van der Waals surface area (Å²) in [6.45, 7) is 9.58. The summed E-state index contributed by atoms with van der Waals surface area (Å²) in [5.74, 6) is 0.282. The van der Waals surface area contributed by atoms with Gasteiger partial charge in [-0.1, -0.05) is 173 Å². The zero-order chi connectivity index (χ0) is 37.6. The van der Waals surface area contributed by atoms with E-state index in [0.717, 1.165) is 6.42 Å². The van der Waals surface area contributed by atoms with Crippen molar-refractivity contribution >= 4 is 22.6 Å². The third-order valence-electron chi connectivity index (χ3n) is 14.3. The Kier molecular flexibility index (Phi) is 6.30. The van der Waals surface area contributed by atoms with Crippen LogP contribution >= 0.6 is 0 Å². The molecule has 0 aromatic heterocycles. The molecule has 0 heterocycles. The Morgan fingerprint density at radius 2 is 0.946 bits per heavy atom. The molecule has 56 heavy (non-hydrogen) atoms. The van der Waals surface area contributed by atoms with E-state index in [1.165, 1.54) is 101 Å². The monoisotopic (exact) mass is 717 g/mol. The van der Waals surface area contributed by atoms with Gasteiger partial charge in [0.15, 0.2) is 0 Å². The molecule has 7 aromatic carbocycles. The standard InChI is InChI=1S/C55H43N/c1-53(2)42-23-11-8-20-39(42)51-46(53)27-15-29-49(51)56(34-31-32-38-35-17-5-10-22-41(35)54(3,4)48(38)33-34)50-30-16-28-47-52(50)40-21-9-14-26-45(40)55(47)43-24-12-6-18-36(43)37-19-7-13-25-44(37)55/h5-25,27-33,45H,26H2,1-4H3. The van der Waals surface area contributed by atoms with Gasteiger partial charge in [-0.25, -0.2) is 0 Å². The molecule has 7 aromatic rings. The Hall–Kier alpha value is -6.18. The number of nitrogens with zero attached hydrogens (tertiary/aromatic N) is 1. The van der Waals surface area contributed by atoms with E-state index in [2.05, 4.69) is 202 Å². The first-order valence-corrected chi connectivity index (χ1v) is 20.3. The minimum Gasteiger partial charge on any atom is -0.309 e. The van der Waals surface area contributed by atoms with Crippen LogP contribution < -0.4 is 4.90 Å². The van der Waals surface area contributed by atoms with E-state index in [9.17, 15) is 0 Å². The van der Waals surface area contributed by atoms with Gasteiger partial charge in [-0.3, -0.25) is 0 Å². The number of rotatable bonds is 3. The summed E-state index contributed by atoms with van der Waals surface area (Å²) in [5.41, 5.74) is 23.9. The molecule has 0 radical (unpaired) electrons. The molecule has 1 spiro atoms. The maximum atomic E-state index is 2.64. The zero-order valence-corrected chi connectivity index (χ0v) is 32.4. The molecule has 5 aliphatic carbocycles. The Labute approximate surface area is 330 Å². The summed E-state index contributed by atoms with van der Waals surface area (Å²) in [5, 5.41) is 0. The highest BCUT2D eigenvalue weighted by Crippen LogP contribution is 2.67. The van der Waals surface area contributed by atoms with E-state index in [4.69, 9.17) is 0 Å². The van der Waals surface area contributed by atoms with Crippen LogP contribution in [0.15, 0.2) is 170 Å². The molecule has 1 unspecified atom stereocenters. The molecule has 0 fully saturated rings. The van der Waals surface area contributed by atoms with Gasteiger partial charge in [0.05, 0.1) is 16.8 Å². The van der Waals surface area contributed by atoms with Crippen molar-refractivity contribution in [3.8, 4) is 33.4 Å². The fourth-order valence-electron chi connectivity index (χ4n) is 11.9. The molecule has 12 rings (SSSR count). The van der Waals surface area contributed by atoms with Gasteiger partial charge in [0.1, 0.15) is 0 Å². The molecular formula is C55H43N. The number of hydrogen-bond acceptors (Lipinski definition) is 1. The first-order valence-electron chi connectivity index (χ1n) is 20.3. The normalized spacial score (nSPS) is 18.6. The third kappa shape index (κ3) is 3.81. The van der Waals surface area contributed by atoms with E-state index < -0.39 is 0 Å². The summed E-state index contributed by atoms with van der Waals surface area (Å²) < 4.78 is 0. The highest BCUT2D eigenvalue weighted by Gasteiger charge is 2.57. The van der Waals surface area contributed by atoms with Crippen molar-refractivity contribution in [2.45, 2.75) is 50.4 Å². The van der Waals surface area contributed by atoms with Crippen LogP contribution in [0.1, 0.15) is 78.6 Å². The lowest BCUT2D eigenvalue weighted by atomic mass is 9.65. The molecule has 1 atom stereocenters. The minimum atomic E-state index is -0.282. The summed E-state index contributed by atoms with van der Waals surface area (Å²) >= 11 is 0. The predicted molar refractivity (Wildman–Crippen MR) is 233 cm³/mol. The Balaban J connectivity index is 1.18. The second-order valence-electron chi connectivity index (χ2n) is 17.5. The maximum absolute atomic E-state index is 2.64. The smallest absolute Gasteiger partial charge is 0.0543 e. The van der Waals surface area contributed by atoms with Crippen LogP contribution in [0, 0.1) is 5.92 Å². The molecular weight excluding hydrogens is 675 g/mol. The molecule has 0 N–H and O–H groups in total. The lowest BCUT2D eigenvalue weighted by Crippen LogP contribution is -2.32. The first-order chi connectivity index (χ1) is 27.3. The van der Waals surface area contributed by atoms with Gasteiger partial charge in [-0.05, 0) is 103 Å². The van der Waals surface area contributed by atoms with Crippen molar-refractivity contribution < 1.29 is 0 Å². The number of fused-ring (bicyclic) bond motifs is 16. The lowest BCUT2D eigenvalue weighted by Gasteiger charge is -2.36. The van der Waals surface area contributed by atoms with Gasteiger partial charge in [0.25, 0.3) is 0 Å². The lowest BCUT2D eigenvalue weighted by molar-refractivity contribution is 0.494. The fourth-order valence-corrected chi connectivity index (χ4v) is 11.9.